The van der Waals surface area contributed by atoms with Crippen molar-refractivity contribution in [2.75, 3.05) is 26.3 Å². The Morgan fingerprint density at radius 1 is 1.13 bits per heavy atom. The van der Waals surface area contributed by atoms with Crippen LogP contribution in [-0.2, 0) is 30.7 Å². The number of fused-ring (bicyclic) bond motifs is 1. The second-order valence-corrected chi connectivity index (χ2v) is 13.3. The molecule has 4 rings (SSSR count). The SMILES string of the molecule is CC(C)CN(C[C@@H](O)[C@H](Cc1ccccc1)NC(=O)O[C@H]1CO[C@H]2OCC[C@H]21)S(=O)(=O)c1ccc(I)cc1. The molecule has 1 amide bonds. The van der Waals surface area contributed by atoms with Gasteiger partial charge in [-0.1, -0.05) is 44.2 Å². The fourth-order valence-corrected chi connectivity index (χ4v) is 6.77. The molecule has 0 radical (unpaired) electrons. The number of carbonyl (C=O) groups excluding carboxylic acids is 1. The van der Waals surface area contributed by atoms with Crippen LogP contribution in [0.2, 0.25) is 0 Å². The molecular formula is C27H35IN2O7S. The molecule has 0 unspecified atom stereocenters. The van der Waals surface area contributed by atoms with Crippen LogP contribution in [-0.4, -0.2) is 74.8 Å². The van der Waals surface area contributed by atoms with Crippen LogP contribution in [0.3, 0.4) is 0 Å². The number of rotatable bonds is 11. The van der Waals surface area contributed by atoms with Gasteiger partial charge in [-0.25, -0.2) is 13.2 Å². The maximum Gasteiger partial charge on any atom is 0.407 e. The van der Waals surface area contributed by atoms with Gasteiger partial charge in [-0.2, -0.15) is 4.31 Å². The van der Waals surface area contributed by atoms with E-state index in [0.717, 1.165) is 15.6 Å². The zero-order valence-corrected chi connectivity index (χ0v) is 24.5. The fourth-order valence-electron chi connectivity index (χ4n) is 4.79. The first-order valence-electron chi connectivity index (χ1n) is 12.8. The first-order valence-corrected chi connectivity index (χ1v) is 15.3. The predicted octanol–water partition coefficient (Wildman–Crippen LogP) is 3.40. The van der Waals surface area contributed by atoms with E-state index >= 15 is 0 Å². The third-order valence-corrected chi connectivity index (χ3v) is 9.29. The van der Waals surface area contributed by atoms with Gasteiger partial charge in [0, 0.05) is 16.7 Å². The molecule has 0 spiro atoms. The lowest BCUT2D eigenvalue weighted by molar-refractivity contribution is -0.0907. The Kier molecular flexibility index (Phi) is 10.0. The first kappa shape index (κ1) is 29.2. The average Bonchev–Trinajstić information content (AvgIpc) is 3.49. The number of nitrogens with one attached hydrogen (secondary N) is 1. The number of hydrogen-bond acceptors (Lipinski definition) is 7. The van der Waals surface area contributed by atoms with Crippen LogP contribution in [0.4, 0.5) is 4.79 Å². The van der Waals surface area contributed by atoms with E-state index in [1.54, 1.807) is 24.3 Å². The number of amides is 1. The molecule has 0 aliphatic carbocycles. The van der Waals surface area contributed by atoms with Gasteiger partial charge in [-0.3, -0.25) is 0 Å². The number of ether oxygens (including phenoxy) is 3. The van der Waals surface area contributed by atoms with Crippen molar-refractivity contribution < 1.29 is 32.5 Å². The Morgan fingerprint density at radius 2 is 1.84 bits per heavy atom. The van der Waals surface area contributed by atoms with Crippen molar-refractivity contribution in [3.8, 4) is 0 Å². The number of aliphatic hydroxyl groups is 1. The minimum Gasteiger partial charge on any atom is -0.443 e. The third-order valence-electron chi connectivity index (χ3n) is 6.72. The highest BCUT2D eigenvalue weighted by Gasteiger charge is 2.44. The summed E-state index contributed by atoms with van der Waals surface area (Å²) in [6.45, 7) is 4.69. The molecule has 2 aromatic carbocycles. The van der Waals surface area contributed by atoms with Gasteiger partial charge < -0.3 is 24.6 Å². The number of sulfonamides is 1. The molecule has 2 fully saturated rings. The van der Waals surface area contributed by atoms with Crippen molar-refractivity contribution in [1.82, 2.24) is 9.62 Å². The first-order chi connectivity index (χ1) is 18.1. The molecule has 11 heteroatoms. The molecule has 0 aromatic heterocycles. The summed E-state index contributed by atoms with van der Waals surface area (Å²) in [6.07, 6.45) is -1.61. The number of alkyl carbamates (subject to hydrolysis) is 1. The number of aliphatic hydroxyl groups excluding tert-OH is 1. The molecule has 2 aliphatic rings. The summed E-state index contributed by atoms with van der Waals surface area (Å²) in [6, 6.07) is 15.2. The number of carbonyl (C=O) groups is 1. The van der Waals surface area contributed by atoms with E-state index in [1.807, 2.05) is 44.2 Å². The zero-order valence-electron chi connectivity index (χ0n) is 21.5. The molecule has 0 saturated carbocycles. The number of hydrogen-bond donors (Lipinski definition) is 2. The Bertz CT molecular complexity index is 1160. The molecule has 0 bridgehead atoms. The summed E-state index contributed by atoms with van der Waals surface area (Å²) in [5.74, 6) is 0.00844. The molecular weight excluding hydrogens is 623 g/mol. The van der Waals surface area contributed by atoms with E-state index in [-0.39, 0.29) is 42.7 Å². The smallest absolute Gasteiger partial charge is 0.407 e. The molecule has 5 atom stereocenters. The van der Waals surface area contributed by atoms with E-state index in [9.17, 15) is 18.3 Å². The van der Waals surface area contributed by atoms with Gasteiger partial charge in [0.25, 0.3) is 0 Å². The quantitative estimate of drug-likeness (QED) is 0.356. The van der Waals surface area contributed by atoms with Gasteiger partial charge in [0.05, 0.1) is 36.2 Å². The van der Waals surface area contributed by atoms with E-state index in [4.69, 9.17) is 14.2 Å². The van der Waals surface area contributed by atoms with Crippen LogP contribution in [0, 0.1) is 15.4 Å². The van der Waals surface area contributed by atoms with Gasteiger partial charge in [0.15, 0.2) is 6.29 Å². The fraction of sp³-hybridized carbons (Fsp3) is 0.519. The van der Waals surface area contributed by atoms with Crippen LogP contribution in [0.15, 0.2) is 59.5 Å². The Labute approximate surface area is 238 Å². The topological polar surface area (TPSA) is 114 Å². The summed E-state index contributed by atoms with van der Waals surface area (Å²) < 4.78 is 46.0. The molecule has 2 aliphatic heterocycles. The van der Waals surface area contributed by atoms with Crippen molar-refractivity contribution >= 4 is 38.7 Å². The van der Waals surface area contributed by atoms with E-state index < -0.39 is 34.4 Å². The summed E-state index contributed by atoms with van der Waals surface area (Å²) in [4.78, 5) is 13.1. The lowest BCUT2D eigenvalue weighted by Crippen LogP contribution is -2.51. The number of benzene rings is 2. The van der Waals surface area contributed by atoms with Crippen LogP contribution < -0.4 is 5.32 Å². The van der Waals surface area contributed by atoms with E-state index in [0.29, 0.717) is 13.0 Å². The molecule has 208 valence electrons. The highest BCUT2D eigenvalue weighted by Crippen LogP contribution is 2.33. The third kappa shape index (κ3) is 7.45. The van der Waals surface area contributed by atoms with E-state index in [1.165, 1.54) is 4.31 Å². The van der Waals surface area contributed by atoms with Gasteiger partial charge in [-0.15, -0.1) is 0 Å². The predicted molar refractivity (Wildman–Crippen MR) is 150 cm³/mol. The van der Waals surface area contributed by atoms with Crippen molar-refractivity contribution in [3.05, 3.63) is 63.7 Å². The summed E-state index contributed by atoms with van der Waals surface area (Å²) in [5, 5.41) is 14.1. The zero-order chi connectivity index (χ0) is 27.3. The second-order valence-electron chi connectivity index (χ2n) is 10.1. The maximum absolute atomic E-state index is 13.5. The molecule has 2 N–H and O–H groups in total. The molecule has 2 saturated heterocycles. The minimum absolute atomic E-state index is 0.0149. The van der Waals surface area contributed by atoms with Gasteiger partial charge in [0.1, 0.15) is 6.10 Å². The van der Waals surface area contributed by atoms with Crippen LogP contribution in [0.1, 0.15) is 25.8 Å². The van der Waals surface area contributed by atoms with Gasteiger partial charge >= 0.3 is 6.09 Å². The van der Waals surface area contributed by atoms with Crippen molar-refractivity contribution in [3.63, 3.8) is 0 Å². The lowest BCUT2D eigenvalue weighted by Gasteiger charge is -2.31. The minimum atomic E-state index is -3.88. The van der Waals surface area contributed by atoms with Gasteiger partial charge in [0.2, 0.25) is 10.0 Å². The van der Waals surface area contributed by atoms with Crippen molar-refractivity contribution in [2.24, 2.45) is 11.8 Å². The van der Waals surface area contributed by atoms with Crippen molar-refractivity contribution in [1.29, 1.82) is 0 Å². The van der Waals surface area contributed by atoms with Crippen LogP contribution >= 0.6 is 22.6 Å². The normalized spacial score (nSPS) is 22.8. The van der Waals surface area contributed by atoms with E-state index in [2.05, 4.69) is 27.9 Å². The highest BCUT2D eigenvalue weighted by molar-refractivity contribution is 14.1. The summed E-state index contributed by atoms with van der Waals surface area (Å²) in [7, 11) is -3.88. The summed E-state index contributed by atoms with van der Waals surface area (Å²) in [5.41, 5.74) is 0.890. The molecule has 2 aromatic rings. The summed E-state index contributed by atoms with van der Waals surface area (Å²) >= 11 is 2.12. The number of halogens is 1. The molecule has 2 heterocycles. The van der Waals surface area contributed by atoms with Crippen molar-refractivity contribution in [2.45, 2.75) is 56.1 Å². The van der Waals surface area contributed by atoms with Gasteiger partial charge in [-0.05, 0) is 71.2 Å². The average molecular weight is 659 g/mol. The Hall–Kier alpha value is -1.77. The van der Waals surface area contributed by atoms with Crippen LogP contribution in [0.5, 0.6) is 0 Å². The Morgan fingerprint density at radius 3 is 2.53 bits per heavy atom. The molecule has 38 heavy (non-hydrogen) atoms. The number of nitrogens with zero attached hydrogens (tertiary/aromatic N) is 1. The van der Waals surface area contributed by atoms with Crippen LogP contribution in [0.25, 0.3) is 0 Å². The highest BCUT2D eigenvalue weighted by atomic mass is 127. The standard InChI is InChI=1S/C27H35IN2O7S/c1-18(2)15-30(38(33,34)21-10-8-20(28)9-11-21)16-24(31)23(14-19-6-4-3-5-7-19)29-27(32)37-25-17-36-26-22(25)12-13-35-26/h3-11,18,22-26,31H,12-17H2,1-2H3,(H,29,32)/t22-,23-,24+,25-,26+/m0/s1. The second kappa shape index (κ2) is 13.1. The maximum atomic E-state index is 13.5. The Balaban J connectivity index is 1.51. The lowest BCUT2D eigenvalue weighted by atomic mass is 10.0. The largest absolute Gasteiger partial charge is 0.443 e. The molecule has 9 nitrogen and oxygen atoms in total. The monoisotopic (exact) mass is 658 g/mol.